The Kier molecular flexibility index (Phi) is 7.03. The van der Waals surface area contributed by atoms with Crippen LogP contribution in [0.15, 0.2) is 30.5 Å². The molecule has 2 aliphatic heterocycles. The number of pyridine rings is 1. The zero-order valence-electron chi connectivity index (χ0n) is 19.1. The number of ether oxygens (including phenoxy) is 1. The van der Waals surface area contributed by atoms with E-state index < -0.39 is 6.10 Å². The van der Waals surface area contributed by atoms with Crippen molar-refractivity contribution in [3.63, 3.8) is 0 Å². The second-order valence-electron chi connectivity index (χ2n) is 9.02. The average Bonchev–Trinajstić information content (AvgIpc) is 2.79. The number of nitrogens with zero attached hydrogens (tertiary/aromatic N) is 3. The quantitative estimate of drug-likeness (QED) is 0.683. The first kappa shape index (κ1) is 23.0. The van der Waals surface area contributed by atoms with E-state index in [1.54, 1.807) is 25.3 Å². The maximum Gasteiger partial charge on any atom is 0.255 e. The van der Waals surface area contributed by atoms with Crippen LogP contribution in [0.5, 0.6) is 5.75 Å². The Labute approximate surface area is 195 Å². The molecule has 0 aliphatic carbocycles. The Morgan fingerprint density at radius 2 is 2.03 bits per heavy atom. The van der Waals surface area contributed by atoms with E-state index in [0.29, 0.717) is 36.0 Å². The molecule has 172 valence electrons. The minimum atomic E-state index is -0.490. The van der Waals surface area contributed by atoms with Gasteiger partial charge in [-0.25, -0.2) is 4.98 Å². The second-order valence-corrected chi connectivity index (χ2v) is 9.41. The van der Waals surface area contributed by atoms with Crippen LogP contribution in [0.25, 0.3) is 0 Å². The van der Waals surface area contributed by atoms with Crippen LogP contribution in [0, 0.1) is 13.8 Å². The zero-order valence-corrected chi connectivity index (χ0v) is 19.8. The molecule has 3 heterocycles. The summed E-state index contributed by atoms with van der Waals surface area (Å²) >= 11 is 5.87. The van der Waals surface area contributed by atoms with Gasteiger partial charge in [-0.05, 0) is 74.9 Å². The molecule has 4 rings (SSSR count). The lowest BCUT2D eigenvalue weighted by atomic mass is 9.86. The van der Waals surface area contributed by atoms with Gasteiger partial charge < -0.3 is 14.7 Å². The molecule has 0 saturated carbocycles. The van der Waals surface area contributed by atoms with Crippen LogP contribution in [0.4, 0.5) is 0 Å². The van der Waals surface area contributed by atoms with Gasteiger partial charge in [0.1, 0.15) is 17.5 Å². The maximum absolute atomic E-state index is 13.0. The smallest absolute Gasteiger partial charge is 0.255 e. The van der Waals surface area contributed by atoms with E-state index >= 15 is 0 Å². The van der Waals surface area contributed by atoms with Gasteiger partial charge in [-0.15, -0.1) is 0 Å². The summed E-state index contributed by atoms with van der Waals surface area (Å²) in [6, 6.07) is 8.36. The number of hydrogen-bond donors (Lipinski definition) is 1. The van der Waals surface area contributed by atoms with Crippen molar-refractivity contribution in [3.8, 4) is 5.75 Å². The lowest BCUT2D eigenvalue weighted by molar-refractivity contribution is 0.0101. The molecule has 1 N–H and O–H groups in total. The third kappa shape index (κ3) is 4.77. The highest BCUT2D eigenvalue weighted by molar-refractivity contribution is 6.29. The fourth-order valence-corrected chi connectivity index (χ4v) is 5.11. The van der Waals surface area contributed by atoms with Crippen LogP contribution in [0.1, 0.15) is 59.3 Å². The third-order valence-corrected chi connectivity index (χ3v) is 7.05. The van der Waals surface area contributed by atoms with Gasteiger partial charge >= 0.3 is 0 Å². The van der Waals surface area contributed by atoms with Gasteiger partial charge in [0, 0.05) is 37.9 Å². The second kappa shape index (κ2) is 9.77. The predicted octanol–water partition coefficient (Wildman–Crippen LogP) is 4.16. The van der Waals surface area contributed by atoms with E-state index in [-0.39, 0.29) is 5.91 Å². The number of piperazine rings is 1. The summed E-state index contributed by atoms with van der Waals surface area (Å²) < 4.78 is 5.80. The molecule has 0 spiro atoms. The maximum atomic E-state index is 13.0. The molecule has 1 aromatic heterocycles. The van der Waals surface area contributed by atoms with Gasteiger partial charge in [-0.1, -0.05) is 17.7 Å². The fourth-order valence-electron chi connectivity index (χ4n) is 5.00. The topological polar surface area (TPSA) is 65.9 Å². The van der Waals surface area contributed by atoms with Crippen molar-refractivity contribution in [2.24, 2.45) is 0 Å². The molecule has 2 aromatic rings. The number of amides is 1. The molecule has 1 aromatic carbocycles. The van der Waals surface area contributed by atoms with E-state index in [1.807, 2.05) is 11.0 Å². The van der Waals surface area contributed by atoms with E-state index in [2.05, 4.69) is 29.8 Å². The van der Waals surface area contributed by atoms with Crippen molar-refractivity contribution in [1.82, 2.24) is 14.8 Å². The van der Waals surface area contributed by atoms with Gasteiger partial charge in [-0.3, -0.25) is 9.69 Å². The number of hydrogen-bond acceptors (Lipinski definition) is 5. The molecular weight excluding hydrogens is 426 g/mol. The Morgan fingerprint density at radius 1 is 1.22 bits per heavy atom. The molecular formula is C25H32ClN3O3. The van der Waals surface area contributed by atoms with Crippen molar-refractivity contribution in [1.29, 1.82) is 0 Å². The highest BCUT2D eigenvalue weighted by Gasteiger charge is 2.37. The van der Waals surface area contributed by atoms with Gasteiger partial charge in [0.05, 0.1) is 11.7 Å². The number of piperidine rings is 1. The molecule has 32 heavy (non-hydrogen) atoms. The summed E-state index contributed by atoms with van der Waals surface area (Å²) in [6.07, 6.45) is 4.45. The van der Waals surface area contributed by atoms with Crippen molar-refractivity contribution in [3.05, 3.63) is 57.9 Å². The average molecular weight is 458 g/mol. The Morgan fingerprint density at radius 3 is 2.75 bits per heavy atom. The number of rotatable bonds is 5. The Hall–Kier alpha value is -2.15. The number of halogens is 1. The van der Waals surface area contributed by atoms with Crippen LogP contribution in [0.3, 0.4) is 0 Å². The third-order valence-electron chi connectivity index (χ3n) is 6.82. The zero-order chi connectivity index (χ0) is 22.8. The van der Waals surface area contributed by atoms with Gasteiger partial charge in [0.25, 0.3) is 5.91 Å². The van der Waals surface area contributed by atoms with Crippen molar-refractivity contribution in [2.45, 2.75) is 58.2 Å². The Balaban J connectivity index is 1.49. The van der Waals surface area contributed by atoms with Crippen LogP contribution in [-0.4, -0.2) is 64.2 Å². The largest absolute Gasteiger partial charge is 0.491 e. The first-order chi connectivity index (χ1) is 15.3. The molecule has 2 aliphatic rings. The summed E-state index contributed by atoms with van der Waals surface area (Å²) in [4.78, 5) is 21.6. The summed E-state index contributed by atoms with van der Waals surface area (Å²) in [5.41, 5.74) is 4.33. The molecule has 1 amide bonds. The van der Waals surface area contributed by atoms with E-state index in [1.165, 1.54) is 11.1 Å². The highest BCUT2D eigenvalue weighted by Crippen LogP contribution is 2.39. The molecule has 0 bridgehead atoms. The summed E-state index contributed by atoms with van der Waals surface area (Å²) in [6.45, 7) is 8.59. The van der Waals surface area contributed by atoms with Gasteiger partial charge in [0.2, 0.25) is 0 Å². The van der Waals surface area contributed by atoms with Crippen molar-refractivity contribution < 1.29 is 14.6 Å². The summed E-state index contributed by atoms with van der Waals surface area (Å²) in [5.74, 6) is 0.870. The molecule has 3 atom stereocenters. The number of aliphatic hydroxyl groups is 1. The lowest BCUT2D eigenvalue weighted by Crippen LogP contribution is -2.57. The number of carbonyl (C=O) groups excluding carboxylic acids is 1. The van der Waals surface area contributed by atoms with Crippen molar-refractivity contribution in [2.75, 3.05) is 26.2 Å². The minimum Gasteiger partial charge on any atom is -0.491 e. The molecule has 2 fully saturated rings. The molecule has 6 nitrogen and oxygen atoms in total. The molecule has 2 saturated heterocycles. The number of aromatic nitrogens is 1. The fraction of sp³-hybridized carbons (Fsp3) is 0.520. The first-order valence-electron chi connectivity index (χ1n) is 11.4. The summed E-state index contributed by atoms with van der Waals surface area (Å²) in [5, 5.41) is 9.94. The Bertz CT molecular complexity index is 964. The van der Waals surface area contributed by atoms with Gasteiger partial charge in [-0.2, -0.15) is 0 Å². The van der Waals surface area contributed by atoms with Crippen LogP contribution in [-0.2, 0) is 0 Å². The summed E-state index contributed by atoms with van der Waals surface area (Å²) in [7, 11) is 0. The van der Waals surface area contributed by atoms with Gasteiger partial charge in [0.15, 0.2) is 0 Å². The number of benzene rings is 1. The first-order valence-corrected chi connectivity index (χ1v) is 11.8. The normalized spacial score (nSPS) is 22.3. The lowest BCUT2D eigenvalue weighted by Gasteiger charge is -2.48. The minimum absolute atomic E-state index is 0.0302. The highest BCUT2D eigenvalue weighted by atomic mass is 35.5. The molecule has 1 unspecified atom stereocenters. The predicted molar refractivity (Wildman–Crippen MR) is 125 cm³/mol. The number of carbonyl (C=O) groups is 1. The number of fused-ring (bicyclic) bond motifs is 1. The molecule has 7 heteroatoms. The van der Waals surface area contributed by atoms with E-state index in [0.717, 1.165) is 43.7 Å². The van der Waals surface area contributed by atoms with Crippen LogP contribution < -0.4 is 4.74 Å². The molecule has 0 radical (unpaired) electrons. The van der Waals surface area contributed by atoms with E-state index in [4.69, 9.17) is 16.3 Å². The van der Waals surface area contributed by atoms with Crippen LogP contribution >= 0.6 is 11.6 Å². The standard InChI is InChI=1S/C25H32ClN3O3/c1-16(30)15-32-23-9-8-21(17(2)18(23)3)22-6-4-5-20-14-28(11-12-29(20)22)25(31)19-7-10-24(26)27-13-19/h7-10,13,16,20,22,30H,4-6,11-12,14-15H2,1-3H3/t16-,20-,22?/m0/s1. The van der Waals surface area contributed by atoms with E-state index in [9.17, 15) is 9.90 Å². The van der Waals surface area contributed by atoms with Crippen LogP contribution in [0.2, 0.25) is 5.15 Å². The SMILES string of the molecule is Cc1c(OC[C@H](C)O)ccc(C2CCC[C@H]3CN(C(=O)c4ccc(Cl)nc4)CCN23)c1C. The van der Waals surface area contributed by atoms with Crippen molar-refractivity contribution >= 4 is 17.5 Å². The monoisotopic (exact) mass is 457 g/mol. The number of aliphatic hydroxyl groups excluding tert-OH is 1.